The van der Waals surface area contributed by atoms with Crippen molar-refractivity contribution in [1.29, 1.82) is 0 Å². The van der Waals surface area contributed by atoms with Gasteiger partial charge in [-0.25, -0.2) is 4.98 Å². The number of thiazole rings is 1. The minimum atomic E-state index is 0.320. The molecular formula is C13H14N4OS. The molecule has 0 bridgehead atoms. The molecule has 0 spiro atoms. The van der Waals surface area contributed by atoms with E-state index in [1.807, 2.05) is 23.7 Å². The summed E-state index contributed by atoms with van der Waals surface area (Å²) in [6, 6.07) is 5.96. The molecule has 0 radical (unpaired) electrons. The molecule has 2 heterocycles. The van der Waals surface area contributed by atoms with Gasteiger partial charge < -0.3 is 15.5 Å². The first-order valence-electron chi connectivity index (χ1n) is 6.01. The van der Waals surface area contributed by atoms with Crippen molar-refractivity contribution in [2.45, 2.75) is 12.8 Å². The number of fused-ring (bicyclic) bond motifs is 1. The predicted octanol–water partition coefficient (Wildman–Crippen LogP) is 3.08. The van der Waals surface area contributed by atoms with Crippen LogP contribution in [0.4, 0.5) is 11.7 Å². The van der Waals surface area contributed by atoms with Gasteiger partial charge in [-0.05, 0) is 12.1 Å². The molecule has 5 nitrogen and oxygen atoms in total. The maximum absolute atomic E-state index is 5.70. The van der Waals surface area contributed by atoms with Gasteiger partial charge in [0, 0.05) is 35.8 Å². The summed E-state index contributed by atoms with van der Waals surface area (Å²) in [5, 5.41) is 6.27. The minimum absolute atomic E-state index is 0.320. The van der Waals surface area contributed by atoms with Gasteiger partial charge in [-0.3, -0.25) is 0 Å². The first-order chi connectivity index (χ1) is 9.22. The number of anilines is 2. The zero-order chi connectivity index (χ0) is 13.2. The number of nitrogen functional groups attached to an aromatic ring is 1. The van der Waals surface area contributed by atoms with Crippen molar-refractivity contribution in [2.24, 2.45) is 0 Å². The molecule has 0 saturated carbocycles. The molecule has 1 unspecified atom stereocenters. The van der Waals surface area contributed by atoms with Gasteiger partial charge in [0.2, 0.25) is 0 Å². The summed E-state index contributed by atoms with van der Waals surface area (Å²) in [5.74, 6) is 0.320. The molecule has 1 aromatic carbocycles. The molecule has 98 valence electrons. The Balaban J connectivity index is 1.71. The van der Waals surface area contributed by atoms with Gasteiger partial charge in [-0.2, -0.15) is 4.98 Å². The van der Waals surface area contributed by atoms with Crippen molar-refractivity contribution in [1.82, 2.24) is 9.97 Å². The number of hydrogen-bond donors (Lipinski definition) is 2. The second kappa shape index (κ2) is 4.89. The minimum Gasteiger partial charge on any atom is -0.423 e. The highest BCUT2D eigenvalue weighted by Gasteiger charge is 2.10. The third-order valence-electron chi connectivity index (χ3n) is 2.84. The van der Waals surface area contributed by atoms with E-state index in [4.69, 9.17) is 10.2 Å². The van der Waals surface area contributed by atoms with Crippen LogP contribution in [-0.4, -0.2) is 16.5 Å². The molecule has 3 aromatic rings. The van der Waals surface area contributed by atoms with Gasteiger partial charge >= 0.3 is 0 Å². The number of oxazole rings is 1. The molecule has 19 heavy (non-hydrogen) atoms. The highest BCUT2D eigenvalue weighted by Crippen LogP contribution is 2.22. The van der Waals surface area contributed by atoms with Gasteiger partial charge in [0.1, 0.15) is 5.52 Å². The summed E-state index contributed by atoms with van der Waals surface area (Å²) in [6.45, 7) is 2.85. The number of nitrogens with one attached hydrogen (secondary N) is 1. The normalized spacial score (nSPS) is 12.7. The van der Waals surface area contributed by atoms with Gasteiger partial charge in [-0.1, -0.05) is 6.92 Å². The van der Waals surface area contributed by atoms with E-state index in [0.29, 0.717) is 23.2 Å². The Morgan fingerprint density at radius 1 is 1.47 bits per heavy atom. The Hall–Kier alpha value is -2.08. The van der Waals surface area contributed by atoms with E-state index in [1.54, 1.807) is 17.4 Å². The van der Waals surface area contributed by atoms with Crippen LogP contribution in [0.1, 0.15) is 17.8 Å². The summed E-state index contributed by atoms with van der Waals surface area (Å²) in [4.78, 5) is 8.65. The van der Waals surface area contributed by atoms with E-state index in [0.717, 1.165) is 17.1 Å². The first kappa shape index (κ1) is 12.0. The van der Waals surface area contributed by atoms with Crippen LogP contribution in [0.3, 0.4) is 0 Å². The van der Waals surface area contributed by atoms with E-state index >= 15 is 0 Å². The Kier molecular flexibility index (Phi) is 3.08. The molecule has 0 aliphatic rings. The van der Waals surface area contributed by atoms with E-state index in [2.05, 4.69) is 22.2 Å². The predicted molar refractivity (Wildman–Crippen MR) is 77.4 cm³/mol. The van der Waals surface area contributed by atoms with Crippen molar-refractivity contribution in [3.63, 3.8) is 0 Å². The van der Waals surface area contributed by atoms with Crippen LogP contribution in [0.5, 0.6) is 0 Å². The number of aromatic nitrogens is 2. The zero-order valence-corrected chi connectivity index (χ0v) is 11.3. The third-order valence-corrected chi connectivity index (χ3v) is 3.85. The lowest BCUT2D eigenvalue weighted by Gasteiger charge is -2.07. The average Bonchev–Trinajstić information content (AvgIpc) is 3.04. The molecule has 0 aliphatic carbocycles. The topological polar surface area (TPSA) is 77.0 Å². The standard InChI is InChI=1S/C13H14N4OS/c1-8(12-15-4-5-19-12)7-16-13-17-10-3-2-9(14)6-11(10)18-13/h2-6,8H,7,14H2,1H3,(H,16,17). The largest absolute Gasteiger partial charge is 0.423 e. The maximum Gasteiger partial charge on any atom is 0.295 e. The Morgan fingerprint density at radius 3 is 3.16 bits per heavy atom. The lowest BCUT2D eigenvalue weighted by molar-refractivity contribution is 0.608. The molecular weight excluding hydrogens is 260 g/mol. The Labute approximate surface area is 114 Å². The summed E-state index contributed by atoms with van der Waals surface area (Å²) in [7, 11) is 0. The SMILES string of the molecule is CC(CNc1nc2ccc(N)cc2o1)c1nccs1. The quantitative estimate of drug-likeness (QED) is 0.715. The van der Waals surface area contributed by atoms with Crippen molar-refractivity contribution in [3.8, 4) is 0 Å². The van der Waals surface area contributed by atoms with Crippen LogP contribution >= 0.6 is 11.3 Å². The van der Waals surface area contributed by atoms with Crippen molar-refractivity contribution < 1.29 is 4.42 Å². The molecule has 0 saturated heterocycles. The van der Waals surface area contributed by atoms with Crippen LogP contribution in [0.25, 0.3) is 11.1 Å². The smallest absolute Gasteiger partial charge is 0.295 e. The summed E-state index contributed by atoms with van der Waals surface area (Å²) in [5.41, 5.74) is 7.88. The molecule has 2 aromatic heterocycles. The van der Waals surface area contributed by atoms with Crippen LogP contribution in [0, 0.1) is 0 Å². The molecule has 3 rings (SSSR count). The highest BCUT2D eigenvalue weighted by atomic mass is 32.1. The van der Waals surface area contributed by atoms with E-state index in [9.17, 15) is 0 Å². The van der Waals surface area contributed by atoms with Gasteiger partial charge in [0.25, 0.3) is 6.01 Å². The summed E-state index contributed by atoms with van der Waals surface area (Å²) >= 11 is 1.65. The number of nitrogens with two attached hydrogens (primary N) is 1. The monoisotopic (exact) mass is 274 g/mol. The fraction of sp³-hybridized carbons (Fsp3) is 0.231. The molecule has 0 fully saturated rings. The number of nitrogens with zero attached hydrogens (tertiary/aromatic N) is 2. The molecule has 6 heteroatoms. The average molecular weight is 274 g/mol. The molecule has 1 atom stereocenters. The summed E-state index contributed by atoms with van der Waals surface area (Å²) in [6.07, 6.45) is 1.82. The molecule has 0 aliphatic heterocycles. The van der Waals surface area contributed by atoms with Crippen LogP contribution < -0.4 is 11.1 Å². The van der Waals surface area contributed by atoms with Crippen molar-refractivity contribution >= 4 is 34.1 Å². The number of hydrogen-bond acceptors (Lipinski definition) is 6. The van der Waals surface area contributed by atoms with E-state index in [1.165, 1.54) is 0 Å². The van der Waals surface area contributed by atoms with Gasteiger partial charge in [0.05, 0.1) is 5.01 Å². The highest BCUT2D eigenvalue weighted by molar-refractivity contribution is 7.09. The van der Waals surface area contributed by atoms with E-state index in [-0.39, 0.29) is 0 Å². The zero-order valence-electron chi connectivity index (χ0n) is 10.5. The van der Waals surface area contributed by atoms with Crippen LogP contribution in [-0.2, 0) is 0 Å². The Bertz CT molecular complexity index is 677. The van der Waals surface area contributed by atoms with E-state index < -0.39 is 0 Å². The Morgan fingerprint density at radius 2 is 2.37 bits per heavy atom. The fourth-order valence-electron chi connectivity index (χ4n) is 1.82. The first-order valence-corrected chi connectivity index (χ1v) is 6.89. The lowest BCUT2D eigenvalue weighted by atomic mass is 10.2. The molecule has 0 amide bonds. The third kappa shape index (κ3) is 2.53. The maximum atomic E-state index is 5.70. The second-order valence-electron chi connectivity index (χ2n) is 4.40. The number of benzene rings is 1. The summed E-state index contributed by atoms with van der Waals surface area (Å²) < 4.78 is 5.60. The van der Waals surface area contributed by atoms with Crippen molar-refractivity contribution in [2.75, 3.05) is 17.6 Å². The van der Waals surface area contributed by atoms with Gasteiger partial charge in [-0.15, -0.1) is 11.3 Å². The lowest BCUT2D eigenvalue weighted by Crippen LogP contribution is -2.09. The fourth-order valence-corrected chi connectivity index (χ4v) is 2.52. The number of rotatable bonds is 4. The second-order valence-corrected chi connectivity index (χ2v) is 5.32. The van der Waals surface area contributed by atoms with Crippen LogP contribution in [0.15, 0.2) is 34.2 Å². The molecule has 3 N–H and O–H groups in total. The van der Waals surface area contributed by atoms with Crippen LogP contribution in [0.2, 0.25) is 0 Å². The van der Waals surface area contributed by atoms with Gasteiger partial charge in [0.15, 0.2) is 5.58 Å². The van der Waals surface area contributed by atoms with Crippen molar-refractivity contribution in [3.05, 3.63) is 34.8 Å².